The van der Waals surface area contributed by atoms with Crippen molar-refractivity contribution in [2.24, 2.45) is 22.7 Å². The molecule has 0 aliphatic heterocycles. The van der Waals surface area contributed by atoms with Crippen molar-refractivity contribution in [3.63, 3.8) is 0 Å². The van der Waals surface area contributed by atoms with Crippen LogP contribution in [0.15, 0.2) is 46.6 Å². The molecular weight excluding hydrogens is 673 g/mol. The van der Waals surface area contributed by atoms with Crippen LogP contribution in [0.2, 0.25) is 0 Å². The fourth-order valence-electron chi connectivity index (χ4n) is 11.6. The molecule has 6 saturated carbocycles. The zero-order chi connectivity index (χ0) is 39.0. The summed E-state index contributed by atoms with van der Waals surface area (Å²) in [6.45, 7) is 7.67. The molecule has 0 aromatic rings. The minimum absolute atomic E-state index is 0.379. The fourth-order valence-corrected chi connectivity index (χ4v) is 11.6. The Morgan fingerprint density at radius 2 is 0.889 bits per heavy atom. The number of hydrogen-bond donors (Lipinski definition) is 6. The van der Waals surface area contributed by atoms with Crippen LogP contribution < -0.4 is 0 Å². The van der Waals surface area contributed by atoms with Gasteiger partial charge in [0, 0.05) is 0 Å². The quantitative estimate of drug-likeness (QED) is 0.132. The molecule has 6 aliphatic rings. The maximum absolute atomic E-state index is 9.92. The Morgan fingerprint density at radius 1 is 0.537 bits per heavy atom. The maximum atomic E-state index is 9.92. The van der Waals surface area contributed by atoms with E-state index >= 15 is 0 Å². The van der Waals surface area contributed by atoms with Gasteiger partial charge in [0.1, 0.15) is 0 Å². The summed E-state index contributed by atoms with van der Waals surface area (Å²) < 4.78 is 0. The molecule has 0 unspecified atom stereocenters. The summed E-state index contributed by atoms with van der Waals surface area (Å²) in [6.07, 6.45) is 36.5. The van der Waals surface area contributed by atoms with Gasteiger partial charge in [0.25, 0.3) is 0 Å². The maximum Gasteiger partial charge on any atom is 0.0602 e. The smallest absolute Gasteiger partial charge is 0.0602 e. The molecule has 6 fully saturated rings. The molecule has 0 radical (unpaired) electrons. The first-order valence-corrected chi connectivity index (χ1v) is 22.4. The highest BCUT2D eigenvalue weighted by Gasteiger charge is 2.42. The van der Waals surface area contributed by atoms with E-state index in [0.29, 0.717) is 23.7 Å². The molecule has 8 atom stereocenters. The summed E-state index contributed by atoms with van der Waals surface area (Å²) in [6, 6.07) is 0. The summed E-state index contributed by atoms with van der Waals surface area (Å²) in [5.41, 5.74) is 5.53. The van der Waals surface area contributed by atoms with Gasteiger partial charge in [0.05, 0.1) is 35.6 Å². The van der Waals surface area contributed by atoms with E-state index in [4.69, 9.17) is 0 Å². The van der Waals surface area contributed by atoms with Gasteiger partial charge in [0.15, 0.2) is 0 Å². The first kappa shape index (κ1) is 43.8. The Balaban J connectivity index is 0.000000208. The highest BCUT2D eigenvalue weighted by molar-refractivity contribution is 5.24. The first-order valence-electron chi connectivity index (χ1n) is 22.4. The van der Waals surface area contributed by atoms with Crippen molar-refractivity contribution in [1.82, 2.24) is 0 Å². The van der Waals surface area contributed by atoms with E-state index < -0.39 is 11.2 Å². The minimum Gasteiger partial charge on any atom is -0.393 e. The van der Waals surface area contributed by atoms with E-state index in [-0.39, 0.29) is 24.4 Å². The van der Waals surface area contributed by atoms with E-state index in [9.17, 15) is 30.6 Å². The zero-order valence-corrected chi connectivity index (χ0v) is 34.8. The summed E-state index contributed by atoms with van der Waals surface area (Å²) in [5, 5.41) is 59.3. The second kappa shape index (κ2) is 19.4. The van der Waals surface area contributed by atoms with Gasteiger partial charge < -0.3 is 30.6 Å². The molecule has 0 heterocycles. The van der Waals surface area contributed by atoms with Gasteiger partial charge >= 0.3 is 0 Å². The molecule has 6 rings (SSSR count). The van der Waals surface area contributed by atoms with Crippen molar-refractivity contribution in [2.45, 2.75) is 230 Å². The molecule has 0 saturated heterocycles. The highest BCUT2D eigenvalue weighted by atomic mass is 16.3. The van der Waals surface area contributed by atoms with E-state index in [1.54, 1.807) is 11.1 Å². The van der Waals surface area contributed by atoms with Gasteiger partial charge in [-0.1, -0.05) is 72.3 Å². The summed E-state index contributed by atoms with van der Waals surface area (Å²) in [5.74, 6) is 1.68. The Labute approximate surface area is 329 Å². The van der Waals surface area contributed by atoms with Gasteiger partial charge in [-0.2, -0.15) is 0 Å². The molecule has 6 nitrogen and oxygen atoms in total. The Hall–Kier alpha value is -1.28. The molecule has 2 spiro atoms. The molecule has 54 heavy (non-hydrogen) atoms. The normalized spacial score (nSPS) is 36.6. The van der Waals surface area contributed by atoms with Gasteiger partial charge in [-0.25, -0.2) is 0 Å². The van der Waals surface area contributed by atoms with Crippen LogP contribution in [-0.2, 0) is 0 Å². The average molecular weight is 753 g/mol. The molecule has 6 heteroatoms. The lowest BCUT2D eigenvalue weighted by Crippen LogP contribution is -2.24. The van der Waals surface area contributed by atoms with E-state index in [1.165, 1.54) is 114 Å². The highest BCUT2D eigenvalue weighted by Crippen LogP contribution is 2.55. The van der Waals surface area contributed by atoms with E-state index in [2.05, 4.69) is 24.3 Å². The van der Waals surface area contributed by atoms with Crippen LogP contribution in [0, 0.1) is 22.7 Å². The molecule has 0 aromatic carbocycles. The molecule has 0 bridgehead atoms. The largest absolute Gasteiger partial charge is 0.393 e. The molecule has 308 valence electrons. The predicted molar refractivity (Wildman–Crippen MR) is 221 cm³/mol. The van der Waals surface area contributed by atoms with Crippen LogP contribution in [-0.4, -0.2) is 66.3 Å². The molecular formula is C48H80O6. The van der Waals surface area contributed by atoms with E-state index in [1.807, 2.05) is 27.7 Å². The van der Waals surface area contributed by atoms with Crippen molar-refractivity contribution in [3.8, 4) is 0 Å². The molecule has 6 N–H and O–H groups in total. The number of allylic oxidation sites excluding steroid dienone is 6. The monoisotopic (exact) mass is 753 g/mol. The third-order valence-corrected chi connectivity index (χ3v) is 14.2. The van der Waals surface area contributed by atoms with E-state index in [0.717, 1.165) is 63.2 Å². The van der Waals surface area contributed by atoms with Crippen molar-refractivity contribution in [2.75, 3.05) is 0 Å². The third kappa shape index (κ3) is 14.6. The van der Waals surface area contributed by atoms with Crippen molar-refractivity contribution in [1.29, 1.82) is 0 Å². The first-order chi connectivity index (χ1) is 25.5. The van der Waals surface area contributed by atoms with Gasteiger partial charge in [-0.3, -0.25) is 0 Å². The number of aliphatic hydroxyl groups is 6. The summed E-state index contributed by atoms with van der Waals surface area (Å²) in [7, 11) is 0. The lowest BCUT2D eigenvalue weighted by atomic mass is 9.70. The van der Waals surface area contributed by atoms with Crippen LogP contribution in [0.4, 0.5) is 0 Å². The van der Waals surface area contributed by atoms with Crippen LogP contribution in [0.3, 0.4) is 0 Å². The van der Waals surface area contributed by atoms with Crippen LogP contribution in [0.5, 0.6) is 0 Å². The standard InChI is InChI=1S/2C24H40O3/c2*1-23(2,27)10-3-5-19-9-12-24(17-19)11-4-6-18(16-24)7-8-20-13-21(25)15-22(26)14-20/h2*7-8,19,21-22,25-27H,3-6,9-17H2,1-2H3/b18-7+;18-7-/t2*19-,21-,22-,24+/m11/s1. The molecule has 0 amide bonds. The van der Waals surface area contributed by atoms with Crippen LogP contribution in [0.1, 0.15) is 195 Å². The van der Waals surface area contributed by atoms with Gasteiger partial charge in [0.2, 0.25) is 0 Å². The predicted octanol–water partition coefficient (Wildman–Crippen LogP) is 10.1. The second-order valence-corrected chi connectivity index (χ2v) is 20.9. The number of hydrogen-bond acceptors (Lipinski definition) is 6. The molecule has 0 aromatic heterocycles. The van der Waals surface area contributed by atoms with Crippen LogP contribution >= 0.6 is 0 Å². The second-order valence-electron chi connectivity index (χ2n) is 20.9. The summed E-state index contributed by atoms with van der Waals surface area (Å²) in [4.78, 5) is 0. The number of rotatable bonds is 10. The zero-order valence-electron chi connectivity index (χ0n) is 34.8. The Bertz CT molecular complexity index is 1190. The van der Waals surface area contributed by atoms with Crippen molar-refractivity contribution in [3.05, 3.63) is 46.6 Å². The minimum atomic E-state index is -0.523. The lowest BCUT2D eigenvalue weighted by Gasteiger charge is -2.35. The molecule has 6 aliphatic carbocycles. The topological polar surface area (TPSA) is 121 Å². The fraction of sp³-hybridized carbons (Fsp3) is 0.833. The van der Waals surface area contributed by atoms with Crippen molar-refractivity contribution >= 4 is 0 Å². The Morgan fingerprint density at radius 3 is 1.24 bits per heavy atom. The third-order valence-electron chi connectivity index (χ3n) is 14.2. The van der Waals surface area contributed by atoms with Gasteiger partial charge in [-0.15, -0.1) is 0 Å². The lowest BCUT2D eigenvalue weighted by molar-refractivity contribution is 0.0602. The van der Waals surface area contributed by atoms with Gasteiger partial charge in [-0.05, 0) is 192 Å². The average Bonchev–Trinajstić information content (AvgIpc) is 3.64. The Kier molecular flexibility index (Phi) is 15.8. The number of aliphatic hydroxyl groups excluding tert-OH is 4. The summed E-state index contributed by atoms with van der Waals surface area (Å²) >= 11 is 0. The SMILES string of the molecule is CC(C)(O)CCC[C@@H]1CC[C@]2(CCC/C(=C/C=C3C[C@@H](O)C[C@H](O)C3)C2)C1.CC(C)(O)CCC[C@@H]1CC[C@]2(CCC/C(=C\C=C3C[C@@H](O)C[C@H](O)C3)C2)C1. The van der Waals surface area contributed by atoms with Crippen LogP contribution in [0.25, 0.3) is 0 Å². The van der Waals surface area contributed by atoms with Crippen molar-refractivity contribution < 1.29 is 30.6 Å².